The molecule has 38 heavy (non-hydrogen) atoms. The summed E-state index contributed by atoms with van der Waals surface area (Å²) in [6.07, 6.45) is 3.71. The first-order chi connectivity index (χ1) is 18.2. The number of ketones is 2. The molecular weight excluding hydrogens is 481 g/mol. The van der Waals surface area contributed by atoms with Gasteiger partial charge in [-0.2, -0.15) is 0 Å². The van der Waals surface area contributed by atoms with E-state index in [0.717, 1.165) is 23.2 Å². The first kappa shape index (κ1) is 26.8. The second-order valence-corrected chi connectivity index (χ2v) is 11.8. The highest BCUT2D eigenvalue weighted by molar-refractivity contribution is 5.93. The lowest BCUT2D eigenvalue weighted by Crippen LogP contribution is -2.52. The maximum Gasteiger partial charge on any atom is 0.176 e. The van der Waals surface area contributed by atoms with Crippen LogP contribution in [0.1, 0.15) is 56.9 Å². The lowest BCUT2D eigenvalue weighted by atomic mass is 9.48. The maximum absolute atomic E-state index is 15.8. The van der Waals surface area contributed by atoms with E-state index < -0.39 is 17.0 Å². The van der Waals surface area contributed by atoms with Crippen LogP contribution in [-0.2, 0) is 14.3 Å². The molecule has 0 radical (unpaired) electrons. The van der Waals surface area contributed by atoms with Gasteiger partial charge in [0.25, 0.3) is 0 Å². The van der Waals surface area contributed by atoms with Crippen LogP contribution in [0.5, 0.6) is 0 Å². The highest BCUT2D eigenvalue weighted by atomic mass is 19.1. The average Bonchev–Trinajstić information content (AvgIpc) is 3.20. The third kappa shape index (κ3) is 4.06. The van der Waals surface area contributed by atoms with E-state index in [1.54, 1.807) is 6.08 Å². The first-order valence-electron chi connectivity index (χ1n) is 13.7. The summed E-state index contributed by atoms with van der Waals surface area (Å²) < 4.78 is 21.1. The van der Waals surface area contributed by atoms with Gasteiger partial charge >= 0.3 is 0 Å². The number of carbonyl (C=O) groups is 2. The summed E-state index contributed by atoms with van der Waals surface area (Å²) in [5.41, 5.74) is 3.63. The van der Waals surface area contributed by atoms with Crippen LogP contribution in [0.4, 0.5) is 10.1 Å². The topological polar surface area (TPSA) is 66.8 Å². The molecule has 2 fully saturated rings. The van der Waals surface area contributed by atoms with Crippen LogP contribution in [-0.4, -0.2) is 57.3 Å². The third-order valence-electron chi connectivity index (χ3n) is 9.89. The summed E-state index contributed by atoms with van der Waals surface area (Å²) in [4.78, 5) is 28.1. The number of Topliss-reactive ketones (excluding diaryl/α,β-unsaturated/α-hetero) is 1. The highest BCUT2D eigenvalue weighted by Crippen LogP contribution is 2.69. The Balaban J connectivity index is 1.71. The van der Waals surface area contributed by atoms with E-state index >= 15 is 4.39 Å². The van der Waals surface area contributed by atoms with Gasteiger partial charge in [-0.15, -0.1) is 0 Å². The van der Waals surface area contributed by atoms with Gasteiger partial charge in [-0.05, 0) is 84.3 Å². The number of rotatable bonds is 5. The molecule has 0 aromatic heterocycles. The van der Waals surface area contributed by atoms with Crippen molar-refractivity contribution in [3.8, 4) is 11.8 Å². The molecule has 0 aliphatic heterocycles. The monoisotopic (exact) mass is 519 g/mol. The van der Waals surface area contributed by atoms with Crippen LogP contribution in [0.15, 0.2) is 47.1 Å². The number of hydrogen-bond acceptors (Lipinski definition) is 5. The Kier molecular flexibility index (Phi) is 7.13. The number of hydrogen-bond donors (Lipinski definition) is 1. The second kappa shape index (κ2) is 10.1. The van der Waals surface area contributed by atoms with Crippen LogP contribution < -0.4 is 4.90 Å². The van der Waals surface area contributed by atoms with Crippen molar-refractivity contribution >= 4 is 17.3 Å². The molecule has 1 N–H and O–H groups in total. The highest BCUT2D eigenvalue weighted by Gasteiger charge is 2.66. The first-order valence-corrected chi connectivity index (χ1v) is 13.7. The fourth-order valence-corrected chi connectivity index (χ4v) is 8.14. The molecule has 1 aromatic carbocycles. The summed E-state index contributed by atoms with van der Waals surface area (Å²) in [5, 5.41) is 9.60. The van der Waals surface area contributed by atoms with E-state index in [4.69, 9.17) is 4.74 Å². The van der Waals surface area contributed by atoms with Gasteiger partial charge in [0.1, 0.15) is 19.4 Å². The summed E-state index contributed by atoms with van der Waals surface area (Å²) in [6, 6.07) is 8.52. The Hall–Kier alpha value is -2.75. The minimum absolute atomic E-state index is 0.00214. The van der Waals surface area contributed by atoms with Gasteiger partial charge in [0.15, 0.2) is 11.6 Å². The summed E-state index contributed by atoms with van der Waals surface area (Å²) in [7, 11) is 5.54. The fourth-order valence-electron chi connectivity index (χ4n) is 8.14. The van der Waals surface area contributed by atoms with Crippen molar-refractivity contribution < 1.29 is 23.8 Å². The van der Waals surface area contributed by atoms with Crippen LogP contribution >= 0.6 is 0 Å². The predicted molar refractivity (Wildman–Crippen MR) is 145 cm³/mol. The van der Waals surface area contributed by atoms with Crippen molar-refractivity contribution in [1.29, 1.82) is 0 Å². The van der Waals surface area contributed by atoms with E-state index in [9.17, 15) is 14.7 Å². The molecule has 0 saturated heterocycles. The van der Waals surface area contributed by atoms with Crippen LogP contribution in [0.25, 0.3) is 0 Å². The zero-order valence-corrected chi connectivity index (χ0v) is 22.9. The van der Waals surface area contributed by atoms with E-state index in [0.29, 0.717) is 37.7 Å². The molecule has 5 nitrogen and oxygen atoms in total. The number of alkyl halides is 1. The van der Waals surface area contributed by atoms with Crippen LogP contribution in [0, 0.1) is 34.5 Å². The lowest BCUT2D eigenvalue weighted by Gasteiger charge is -2.55. The number of halogens is 1. The number of aliphatic hydroxyl groups is 1. The van der Waals surface area contributed by atoms with Gasteiger partial charge in [-0.25, -0.2) is 4.39 Å². The molecular formula is C32H38FNO4. The number of methoxy groups -OCH3 is 1. The van der Waals surface area contributed by atoms with Crippen molar-refractivity contribution in [2.24, 2.45) is 22.7 Å². The number of nitrogens with zero attached hydrogens (tertiary/aromatic N) is 1. The molecule has 1 unspecified atom stereocenters. The number of ether oxygens (including phenoxy) is 1. The standard InChI is InChI=1S/C32H38FNO4/c1-31-18-26(20-6-8-21(9-7-20)34(2)3)30-23-11-10-22(36)16-24(23)28(33)17-25(30)27(31)12-14-32(31,13-5-15-35)29(37)19-38-4/h6-9,16,25-28,35H,10-12,14-15,17-19H2,1-4H3/t25-,26+,27-,28?,31-,32-/m0/s1. The third-order valence-corrected chi connectivity index (χ3v) is 9.89. The summed E-state index contributed by atoms with van der Waals surface area (Å²) in [5.74, 6) is 6.04. The van der Waals surface area contributed by atoms with E-state index in [1.807, 2.05) is 14.1 Å². The Bertz CT molecular complexity index is 1250. The molecule has 4 aliphatic rings. The average molecular weight is 520 g/mol. The van der Waals surface area contributed by atoms with E-state index in [1.165, 1.54) is 12.7 Å². The Labute approximate surface area is 225 Å². The Morgan fingerprint density at radius 3 is 2.63 bits per heavy atom. The van der Waals surface area contributed by atoms with Gasteiger partial charge < -0.3 is 14.7 Å². The maximum atomic E-state index is 15.8. The van der Waals surface area contributed by atoms with Gasteiger partial charge in [0.05, 0.1) is 5.41 Å². The molecule has 0 spiro atoms. The van der Waals surface area contributed by atoms with Crippen molar-refractivity contribution in [2.45, 2.75) is 57.5 Å². The van der Waals surface area contributed by atoms with Crippen molar-refractivity contribution in [3.63, 3.8) is 0 Å². The number of fused-ring (bicyclic) bond motifs is 4. The van der Waals surface area contributed by atoms with Crippen molar-refractivity contribution in [2.75, 3.05) is 39.3 Å². The molecule has 6 atom stereocenters. The number of anilines is 1. The summed E-state index contributed by atoms with van der Waals surface area (Å²) >= 11 is 0. The number of aliphatic hydroxyl groups excluding tert-OH is 1. The zero-order chi connectivity index (χ0) is 27.2. The lowest BCUT2D eigenvalue weighted by molar-refractivity contribution is -0.136. The van der Waals surface area contributed by atoms with Gasteiger partial charge in [-0.3, -0.25) is 9.59 Å². The molecule has 4 aliphatic carbocycles. The normalized spacial score (nSPS) is 33.9. The molecule has 0 bridgehead atoms. The molecule has 0 amide bonds. The SMILES string of the molecule is COCC(=O)[C@]1(C#CCO)CC[C@H]2[C@@H]3CC(F)C4=CC(=O)CCC4=C3[C@@H](c3ccc(N(C)C)cc3)C[C@@]21C. The van der Waals surface area contributed by atoms with E-state index in [2.05, 4.69) is 47.9 Å². The Morgan fingerprint density at radius 2 is 1.97 bits per heavy atom. The molecule has 1 aromatic rings. The molecule has 0 heterocycles. The van der Waals surface area contributed by atoms with Gasteiger partial charge in [0, 0.05) is 39.2 Å². The van der Waals surface area contributed by atoms with Crippen molar-refractivity contribution in [1.82, 2.24) is 0 Å². The quantitative estimate of drug-likeness (QED) is 0.567. The number of benzene rings is 1. The fraction of sp³-hybridized carbons (Fsp3) is 0.562. The van der Waals surface area contributed by atoms with Gasteiger partial charge in [0.2, 0.25) is 0 Å². The second-order valence-electron chi connectivity index (χ2n) is 11.8. The molecule has 202 valence electrons. The van der Waals surface area contributed by atoms with Crippen LogP contribution in [0.2, 0.25) is 0 Å². The van der Waals surface area contributed by atoms with E-state index in [-0.39, 0.29) is 42.5 Å². The minimum atomic E-state index is -1.18. The Morgan fingerprint density at radius 1 is 1.24 bits per heavy atom. The zero-order valence-electron chi connectivity index (χ0n) is 22.9. The molecule has 6 heteroatoms. The summed E-state index contributed by atoms with van der Waals surface area (Å²) in [6.45, 7) is 1.81. The van der Waals surface area contributed by atoms with Crippen LogP contribution in [0.3, 0.4) is 0 Å². The van der Waals surface area contributed by atoms with Crippen molar-refractivity contribution in [3.05, 3.63) is 52.6 Å². The van der Waals surface area contributed by atoms with Gasteiger partial charge in [-0.1, -0.05) is 36.5 Å². The minimum Gasteiger partial charge on any atom is -0.384 e. The molecule has 2 saturated carbocycles. The largest absolute Gasteiger partial charge is 0.384 e. The molecule has 5 rings (SSSR count). The number of allylic oxidation sites excluding steroid dienone is 4. The smallest absolute Gasteiger partial charge is 0.176 e. The predicted octanol–water partition coefficient (Wildman–Crippen LogP) is 4.80. The number of carbonyl (C=O) groups excluding carboxylic acids is 2.